The Kier molecular flexibility index (Phi) is 6.86. The highest BCUT2D eigenvalue weighted by Crippen LogP contribution is 2.31. The summed E-state index contributed by atoms with van der Waals surface area (Å²) in [6.45, 7) is 1.61. The van der Waals surface area contributed by atoms with Gasteiger partial charge in [-0.15, -0.1) is 0 Å². The predicted molar refractivity (Wildman–Crippen MR) is 119 cm³/mol. The van der Waals surface area contributed by atoms with Crippen LogP contribution in [-0.4, -0.2) is 58.7 Å². The van der Waals surface area contributed by atoms with Crippen LogP contribution in [0.1, 0.15) is 36.0 Å². The number of fused-ring (bicyclic) bond motifs is 1. The van der Waals surface area contributed by atoms with Gasteiger partial charge >= 0.3 is 0 Å². The van der Waals surface area contributed by atoms with E-state index >= 15 is 0 Å². The quantitative estimate of drug-likeness (QED) is 0.713. The molecule has 8 nitrogen and oxygen atoms in total. The first-order valence-electron chi connectivity index (χ1n) is 10.8. The summed E-state index contributed by atoms with van der Waals surface area (Å²) in [4.78, 5) is 14.9. The zero-order valence-electron chi connectivity index (χ0n) is 18.1. The van der Waals surface area contributed by atoms with Crippen LogP contribution in [0.3, 0.4) is 0 Å². The van der Waals surface area contributed by atoms with Gasteiger partial charge in [-0.3, -0.25) is 4.79 Å². The molecule has 0 aliphatic carbocycles. The van der Waals surface area contributed by atoms with Crippen LogP contribution in [0.2, 0.25) is 0 Å². The minimum atomic E-state index is -3.87. The standard InChI is InChI=1S/C23H28N2O6S/c1-29-20-11-10-18(14-19(20)23(26)25-12-6-2-3-7-13-25)32(27,28)24-15-17-16-30-21-8-4-5-9-22(21)31-17/h4-5,8-11,14,17,24H,2-3,6-7,12-13,15-16H2,1H3/t17-/m0/s1. The van der Waals surface area contributed by atoms with Gasteiger partial charge in [0.1, 0.15) is 18.5 Å². The average Bonchev–Trinajstić information content (AvgIpc) is 3.11. The van der Waals surface area contributed by atoms with Crippen molar-refractivity contribution in [2.75, 3.05) is 33.4 Å². The lowest BCUT2D eigenvalue weighted by atomic mass is 10.1. The molecule has 0 bridgehead atoms. The van der Waals surface area contributed by atoms with Gasteiger partial charge in [-0.25, -0.2) is 13.1 Å². The van der Waals surface area contributed by atoms with E-state index in [1.165, 1.54) is 25.3 Å². The molecule has 2 aliphatic heterocycles. The summed E-state index contributed by atoms with van der Waals surface area (Å²) in [5.74, 6) is 1.37. The van der Waals surface area contributed by atoms with Gasteiger partial charge in [0, 0.05) is 13.1 Å². The monoisotopic (exact) mass is 460 g/mol. The third-order valence-corrected chi connectivity index (χ3v) is 7.09. The molecule has 1 N–H and O–H groups in total. The number of sulfonamides is 1. The largest absolute Gasteiger partial charge is 0.496 e. The van der Waals surface area contributed by atoms with Crippen LogP contribution in [0.25, 0.3) is 0 Å². The van der Waals surface area contributed by atoms with Gasteiger partial charge in [0.05, 0.1) is 24.1 Å². The van der Waals surface area contributed by atoms with Gasteiger partial charge in [0.15, 0.2) is 11.5 Å². The first-order valence-corrected chi connectivity index (χ1v) is 12.3. The summed E-state index contributed by atoms with van der Waals surface area (Å²) in [7, 11) is -2.40. The van der Waals surface area contributed by atoms with Crippen LogP contribution in [0.4, 0.5) is 0 Å². The van der Waals surface area contributed by atoms with Crippen molar-refractivity contribution in [3.8, 4) is 17.2 Å². The Bertz CT molecular complexity index is 1060. The second-order valence-electron chi connectivity index (χ2n) is 7.92. The van der Waals surface area contributed by atoms with Crippen LogP contribution in [-0.2, 0) is 10.0 Å². The number of likely N-dealkylation sites (tertiary alicyclic amines) is 1. The van der Waals surface area contributed by atoms with E-state index < -0.39 is 16.1 Å². The molecule has 0 unspecified atom stereocenters. The summed E-state index contributed by atoms with van der Waals surface area (Å²) in [6, 6.07) is 11.6. The van der Waals surface area contributed by atoms with E-state index in [9.17, 15) is 13.2 Å². The van der Waals surface area contributed by atoms with Crippen LogP contribution in [0.5, 0.6) is 17.2 Å². The van der Waals surface area contributed by atoms with Gasteiger partial charge in [-0.05, 0) is 43.2 Å². The van der Waals surface area contributed by atoms with Crippen molar-refractivity contribution in [2.24, 2.45) is 0 Å². The molecule has 0 aromatic heterocycles. The predicted octanol–water partition coefficient (Wildman–Crippen LogP) is 2.83. The van der Waals surface area contributed by atoms with Crippen molar-refractivity contribution < 1.29 is 27.4 Å². The lowest BCUT2D eigenvalue weighted by molar-refractivity contribution is 0.0758. The third kappa shape index (κ3) is 4.99. The smallest absolute Gasteiger partial charge is 0.257 e. The van der Waals surface area contributed by atoms with Gasteiger partial charge < -0.3 is 19.1 Å². The number of rotatable bonds is 6. The van der Waals surface area contributed by atoms with Crippen molar-refractivity contribution in [1.82, 2.24) is 9.62 Å². The number of amides is 1. The van der Waals surface area contributed by atoms with E-state index in [1.807, 2.05) is 12.1 Å². The summed E-state index contributed by atoms with van der Waals surface area (Å²) >= 11 is 0. The fourth-order valence-electron chi connectivity index (χ4n) is 3.92. The molecule has 1 amide bonds. The zero-order chi connectivity index (χ0) is 22.6. The van der Waals surface area contributed by atoms with Gasteiger partial charge in [0.2, 0.25) is 10.0 Å². The molecule has 4 rings (SSSR count). The molecule has 1 fully saturated rings. The second-order valence-corrected chi connectivity index (χ2v) is 9.68. The van der Waals surface area contributed by atoms with E-state index in [4.69, 9.17) is 14.2 Å². The summed E-state index contributed by atoms with van der Waals surface area (Å²) in [5, 5.41) is 0. The number of nitrogens with zero attached hydrogens (tertiary/aromatic N) is 1. The number of hydrogen-bond donors (Lipinski definition) is 1. The molecule has 2 heterocycles. The second kappa shape index (κ2) is 9.79. The summed E-state index contributed by atoms with van der Waals surface area (Å²) in [6.07, 6.45) is 3.62. The fourth-order valence-corrected chi connectivity index (χ4v) is 5.01. The Morgan fingerprint density at radius 1 is 1.09 bits per heavy atom. The van der Waals surface area contributed by atoms with Crippen LogP contribution in [0.15, 0.2) is 47.4 Å². The Hall–Kier alpha value is -2.78. The highest BCUT2D eigenvalue weighted by Gasteiger charge is 2.26. The van der Waals surface area contributed by atoms with Crippen LogP contribution >= 0.6 is 0 Å². The van der Waals surface area contributed by atoms with Crippen molar-refractivity contribution in [1.29, 1.82) is 0 Å². The SMILES string of the molecule is COc1ccc(S(=O)(=O)NC[C@H]2COc3ccccc3O2)cc1C(=O)N1CCCCCC1. The highest BCUT2D eigenvalue weighted by atomic mass is 32.2. The Labute approximate surface area is 188 Å². The maximum Gasteiger partial charge on any atom is 0.257 e. The number of benzene rings is 2. The molecule has 1 saturated heterocycles. The van der Waals surface area contributed by atoms with Crippen LogP contribution < -0.4 is 18.9 Å². The molecule has 0 saturated carbocycles. The van der Waals surface area contributed by atoms with Crippen molar-refractivity contribution in [3.05, 3.63) is 48.0 Å². The molecule has 0 spiro atoms. The number of carbonyl (C=O) groups is 1. The third-order valence-electron chi connectivity index (χ3n) is 5.67. The first-order chi connectivity index (χ1) is 15.5. The Balaban J connectivity index is 1.48. The zero-order valence-corrected chi connectivity index (χ0v) is 18.9. The van der Waals surface area contributed by atoms with E-state index in [0.717, 1.165) is 25.7 Å². The van der Waals surface area contributed by atoms with E-state index in [2.05, 4.69) is 4.72 Å². The number of nitrogens with one attached hydrogen (secondary N) is 1. The number of para-hydroxylation sites is 2. The minimum absolute atomic E-state index is 0.00796. The van der Waals surface area contributed by atoms with Gasteiger partial charge in [-0.1, -0.05) is 25.0 Å². The molecular weight excluding hydrogens is 432 g/mol. The topological polar surface area (TPSA) is 94.2 Å². The number of methoxy groups -OCH3 is 1. The maximum atomic E-state index is 13.1. The molecule has 2 aromatic rings. The number of ether oxygens (including phenoxy) is 3. The fraction of sp³-hybridized carbons (Fsp3) is 0.435. The number of hydrogen-bond acceptors (Lipinski definition) is 6. The van der Waals surface area contributed by atoms with Gasteiger partial charge in [0.25, 0.3) is 5.91 Å². The maximum absolute atomic E-state index is 13.1. The highest BCUT2D eigenvalue weighted by molar-refractivity contribution is 7.89. The summed E-state index contributed by atoms with van der Waals surface area (Å²) in [5.41, 5.74) is 0.253. The number of carbonyl (C=O) groups excluding carboxylic acids is 1. The molecular formula is C23H28N2O6S. The normalized spacial score (nSPS) is 18.7. The lowest BCUT2D eigenvalue weighted by Crippen LogP contribution is -2.40. The van der Waals surface area contributed by atoms with E-state index in [1.54, 1.807) is 17.0 Å². The minimum Gasteiger partial charge on any atom is -0.496 e. The Morgan fingerprint density at radius 2 is 1.81 bits per heavy atom. The van der Waals surface area contributed by atoms with E-state index in [-0.39, 0.29) is 29.5 Å². The molecule has 172 valence electrons. The lowest BCUT2D eigenvalue weighted by Gasteiger charge is -2.26. The first kappa shape index (κ1) is 22.4. The molecule has 1 atom stereocenters. The molecule has 2 aliphatic rings. The van der Waals surface area contributed by atoms with Crippen molar-refractivity contribution in [3.63, 3.8) is 0 Å². The Morgan fingerprint density at radius 3 is 2.53 bits per heavy atom. The van der Waals surface area contributed by atoms with Crippen molar-refractivity contribution >= 4 is 15.9 Å². The van der Waals surface area contributed by atoms with E-state index in [0.29, 0.717) is 30.3 Å². The average molecular weight is 461 g/mol. The van der Waals surface area contributed by atoms with Gasteiger partial charge in [-0.2, -0.15) is 0 Å². The molecule has 32 heavy (non-hydrogen) atoms. The molecule has 2 aromatic carbocycles. The molecule has 0 radical (unpaired) electrons. The van der Waals surface area contributed by atoms with Crippen LogP contribution in [0, 0.1) is 0 Å². The van der Waals surface area contributed by atoms with Crippen molar-refractivity contribution in [2.45, 2.75) is 36.7 Å². The molecule has 9 heteroatoms. The summed E-state index contributed by atoms with van der Waals surface area (Å²) < 4.78 is 45.3.